The van der Waals surface area contributed by atoms with E-state index in [1.54, 1.807) is 19.2 Å². The molecule has 1 saturated heterocycles. The number of amides is 1. The van der Waals surface area contributed by atoms with Gasteiger partial charge in [0.2, 0.25) is 11.9 Å². The van der Waals surface area contributed by atoms with Crippen LogP contribution in [-0.2, 0) is 23.1 Å². The first-order valence-electron chi connectivity index (χ1n) is 8.49. The Labute approximate surface area is 166 Å². The van der Waals surface area contributed by atoms with Gasteiger partial charge in [0.1, 0.15) is 5.82 Å². The minimum Gasteiger partial charge on any atom is -0.378 e. The molecule has 27 heavy (non-hydrogen) atoms. The Morgan fingerprint density at radius 2 is 2.11 bits per heavy atom. The van der Waals surface area contributed by atoms with Crippen LogP contribution in [0.15, 0.2) is 23.4 Å². The summed E-state index contributed by atoms with van der Waals surface area (Å²) in [5.41, 5.74) is 0.313. The fourth-order valence-corrected chi connectivity index (χ4v) is 3.79. The fourth-order valence-electron chi connectivity index (χ4n) is 2.72. The lowest BCUT2D eigenvalue weighted by Gasteiger charge is -2.27. The van der Waals surface area contributed by atoms with Crippen LogP contribution in [0.3, 0.4) is 0 Å². The predicted octanol–water partition coefficient (Wildman–Crippen LogP) is 2.19. The predicted molar refractivity (Wildman–Crippen MR) is 103 cm³/mol. The van der Waals surface area contributed by atoms with Crippen LogP contribution in [0.25, 0.3) is 0 Å². The maximum absolute atomic E-state index is 13.9. The van der Waals surface area contributed by atoms with Crippen molar-refractivity contribution in [3.8, 4) is 0 Å². The van der Waals surface area contributed by atoms with Crippen molar-refractivity contribution >= 4 is 35.2 Å². The number of carbonyl (C=O) groups excluding carboxylic acids is 1. The van der Waals surface area contributed by atoms with Gasteiger partial charge < -0.3 is 14.5 Å². The lowest BCUT2D eigenvalue weighted by Crippen LogP contribution is -2.37. The lowest BCUT2D eigenvalue weighted by atomic mass is 10.2. The highest BCUT2D eigenvalue weighted by atomic mass is 35.5. The largest absolute Gasteiger partial charge is 0.378 e. The second-order valence-corrected chi connectivity index (χ2v) is 7.53. The molecule has 0 saturated carbocycles. The van der Waals surface area contributed by atoms with Crippen LogP contribution in [0.4, 0.5) is 10.3 Å². The van der Waals surface area contributed by atoms with Gasteiger partial charge in [-0.25, -0.2) is 4.39 Å². The Bertz CT molecular complexity index is 792. The highest BCUT2D eigenvalue weighted by molar-refractivity contribution is 7.99. The van der Waals surface area contributed by atoms with Crippen molar-refractivity contribution in [3.63, 3.8) is 0 Å². The summed E-state index contributed by atoms with van der Waals surface area (Å²) in [6.07, 6.45) is 0. The SMILES string of the molecule is CN(Cc1c(F)cccc1Cl)C(=O)CSc1nnc(N2CCOCC2)n1C. The first-order chi connectivity index (χ1) is 13.0. The number of morpholine rings is 1. The van der Waals surface area contributed by atoms with Gasteiger partial charge in [0.25, 0.3) is 0 Å². The Balaban J connectivity index is 1.58. The summed E-state index contributed by atoms with van der Waals surface area (Å²) in [7, 11) is 3.50. The minimum atomic E-state index is -0.418. The normalized spacial score (nSPS) is 14.4. The second kappa shape index (κ2) is 8.90. The number of aromatic nitrogens is 3. The highest BCUT2D eigenvalue weighted by Crippen LogP contribution is 2.23. The average molecular weight is 414 g/mol. The van der Waals surface area contributed by atoms with Gasteiger partial charge in [-0.1, -0.05) is 29.4 Å². The summed E-state index contributed by atoms with van der Waals surface area (Å²) in [5, 5.41) is 9.37. The first kappa shape index (κ1) is 19.9. The fraction of sp³-hybridized carbons (Fsp3) is 0.471. The minimum absolute atomic E-state index is 0.114. The lowest BCUT2D eigenvalue weighted by molar-refractivity contribution is -0.127. The highest BCUT2D eigenvalue weighted by Gasteiger charge is 2.20. The third-order valence-electron chi connectivity index (χ3n) is 4.31. The molecule has 1 fully saturated rings. The van der Waals surface area contributed by atoms with Gasteiger partial charge in [0.15, 0.2) is 5.16 Å². The van der Waals surface area contributed by atoms with Crippen molar-refractivity contribution in [2.75, 3.05) is 44.0 Å². The molecule has 0 aliphatic carbocycles. The van der Waals surface area contributed by atoms with Gasteiger partial charge >= 0.3 is 0 Å². The summed E-state index contributed by atoms with van der Waals surface area (Å²) >= 11 is 7.33. The third-order valence-corrected chi connectivity index (χ3v) is 5.67. The number of rotatable bonds is 6. The van der Waals surface area contributed by atoms with Crippen LogP contribution < -0.4 is 4.90 Å². The van der Waals surface area contributed by atoms with E-state index in [9.17, 15) is 9.18 Å². The number of thioether (sulfide) groups is 1. The summed E-state index contributed by atoms with van der Waals surface area (Å²) in [4.78, 5) is 16.0. The summed E-state index contributed by atoms with van der Waals surface area (Å²) in [6, 6.07) is 4.49. The molecule has 2 aromatic rings. The molecule has 10 heteroatoms. The van der Waals surface area contributed by atoms with Crippen molar-refractivity contribution in [3.05, 3.63) is 34.6 Å². The second-order valence-electron chi connectivity index (χ2n) is 6.18. The third kappa shape index (κ3) is 4.72. The van der Waals surface area contributed by atoms with Gasteiger partial charge in [0.05, 0.1) is 19.0 Å². The van der Waals surface area contributed by atoms with Crippen molar-refractivity contribution in [2.45, 2.75) is 11.7 Å². The van der Waals surface area contributed by atoms with Crippen LogP contribution in [-0.4, -0.2) is 64.7 Å². The molecule has 0 unspecified atom stereocenters. The number of hydrogen-bond donors (Lipinski definition) is 0. The summed E-state index contributed by atoms with van der Waals surface area (Å²) < 4.78 is 21.1. The van der Waals surface area contributed by atoms with E-state index in [1.165, 1.54) is 22.7 Å². The molecule has 0 atom stereocenters. The molecule has 0 N–H and O–H groups in total. The summed E-state index contributed by atoms with van der Waals surface area (Å²) in [6.45, 7) is 2.97. The van der Waals surface area contributed by atoms with Crippen molar-refractivity contribution in [2.24, 2.45) is 7.05 Å². The van der Waals surface area contributed by atoms with E-state index in [0.29, 0.717) is 29.0 Å². The Morgan fingerprint density at radius 3 is 2.81 bits per heavy atom. The zero-order chi connectivity index (χ0) is 19.4. The van der Waals surface area contributed by atoms with E-state index in [4.69, 9.17) is 16.3 Å². The molecule has 1 aromatic carbocycles. The molecule has 146 valence electrons. The molecule has 7 nitrogen and oxygen atoms in total. The van der Waals surface area contributed by atoms with Crippen LogP contribution in [0.5, 0.6) is 0 Å². The average Bonchev–Trinajstić information content (AvgIpc) is 3.04. The van der Waals surface area contributed by atoms with Crippen molar-refractivity contribution < 1.29 is 13.9 Å². The maximum atomic E-state index is 13.9. The Hall–Kier alpha value is -1.84. The van der Waals surface area contributed by atoms with Crippen LogP contribution in [0.1, 0.15) is 5.56 Å². The molecule has 0 spiro atoms. The number of anilines is 1. The molecule has 2 heterocycles. The number of benzene rings is 1. The Morgan fingerprint density at radius 1 is 1.37 bits per heavy atom. The molecule has 3 rings (SSSR count). The number of halogens is 2. The summed E-state index contributed by atoms with van der Waals surface area (Å²) in [5.74, 6) is 0.380. The maximum Gasteiger partial charge on any atom is 0.233 e. The smallest absolute Gasteiger partial charge is 0.233 e. The standard InChI is InChI=1S/C17H21ClFN5O2S/c1-22(10-12-13(18)4-3-5-14(12)19)15(25)11-27-17-21-20-16(23(17)2)24-6-8-26-9-7-24/h3-5H,6-11H2,1-2H3. The van der Waals surface area contributed by atoms with E-state index < -0.39 is 5.82 Å². The van der Waals surface area contributed by atoms with Crippen molar-refractivity contribution in [1.29, 1.82) is 0 Å². The van der Waals surface area contributed by atoms with Crippen LogP contribution in [0, 0.1) is 5.82 Å². The van der Waals surface area contributed by atoms with E-state index in [-0.39, 0.29) is 18.2 Å². The molecular weight excluding hydrogens is 393 g/mol. The monoisotopic (exact) mass is 413 g/mol. The quantitative estimate of drug-likeness (QED) is 0.676. The molecule has 0 radical (unpaired) electrons. The van der Waals surface area contributed by atoms with Crippen molar-refractivity contribution in [1.82, 2.24) is 19.7 Å². The van der Waals surface area contributed by atoms with Gasteiger partial charge in [0, 0.05) is 44.3 Å². The topological polar surface area (TPSA) is 63.5 Å². The van der Waals surface area contributed by atoms with E-state index in [2.05, 4.69) is 15.1 Å². The van der Waals surface area contributed by atoms with Gasteiger partial charge in [-0.05, 0) is 12.1 Å². The van der Waals surface area contributed by atoms with Gasteiger partial charge in [-0.2, -0.15) is 0 Å². The number of ether oxygens (including phenoxy) is 1. The molecule has 1 amide bonds. The molecular formula is C17H21ClFN5O2S. The van der Waals surface area contributed by atoms with Gasteiger partial charge in [-0.15, -0.1) is 10.2 Å². The first-order valence-corrected chi connectivity index (χ1v) is 9.85. The number of nitrogens with zero attached hydrogens (tertiary/aromatic N) is 5. The number of hydrogen-bond acceptors (Lipinski definition) is 6. The van der Waals surface area contributed by atoms with E-state index in [0.717, 1.165) is 19.0 Å². The van der Waals surface area contributed by atoms with Gasteiger partial charge in [-0.3, -0.25) is 9.36 Å². The van der Waals surface area contributed by atoms with E-state index in [1.807, 2.05) is 11.6 Å². The molecule has 0 bridgehead atoms. The van der Waals surface area contributed by atoms with E-state index >= 15 is 0 Å². The van der Waals surface area contributed by atoms with Crippen LogP contribution >= 0.6 is 23.4 Å². The zero-order valence-corrected chi connectivity index (χ0v) is 16.8. The molecule has 1 aliphatic heterocycles. The number of carbonyl (C=O) groups is 1. The zero-order valence-electron chi connectivity index (χ0n) is 15.2. The Kier molecular flexibility index (Phi) is 6.56. The molecule has 1 aliphatic rings. The molecule has 1 aromatic heterocycles. The van der Waals surface area contributed by atoms with Crippen LogP contribution in [0.2, 0.25) is 5.02 Å².